The van der Waals surface area contributed by atoms with Gasteiger partial charge in [-0.05, 0) is 0 Å². The van der Waals surface area contributed by atoms with Gasteiger partial charge < -0.3 is 25.8 Å². The first-order valence-electron chi connectivity index (χ1n) is 8.60. The first kappa shape index (κ1) is 19.5. The molecule has 9 nitrogen and oxygen atoms in total. The number of rotatable bonds is 5. The Hall–Kier alpha value is -1.81. The van der Waals surface area contributed by atoms with E-state index in [-0.39, 0.29) is 5.82 Å². The number of aliphatic hydroxyl groups excluding tert-OH is 3. The van der Waals surface area contributed by atoms with Crippen molar-refractivity contribution < 1.29 is 20.1 Å². The van der Waals surface area contributed by atoms with Crippen molar-refractivity contribution in [3.8, 4) is 0 Å². The van der Waals surface area contributed by atoms with E-state index in [1.165, 1.54) is 42.9 Å². The van der Waals surface area contributed by atoms with Crippen LogP contribution in [-0.2, 0) is 4.74 Å². The monoisotopic (exact) mass is 353 g/mol. The Labute approximate surface area is 146 Å². The highest BCUT2D eigenvalue weighted by Crippen LogP contribution is 2.31. The maximum Gasteiger partial charge on any atom is 0.167 e. The van der Waals surface area contributed by atoms with Gasteiger partial charge in [0.2, 0.25) is 0 Å². The molecule has 0 aromatic carbocycles. The summed E-state index contributed by atoms with van der Waals surface area (Å²) < 4.78 is 6.85. The van der Waals surface area contributed by atoms with E-state index in [4.69, 9.17) is 15.6 Å². The van der Waals surface area contributed by atoms with Gasteiger partial charge in [0, 0.05) is 0 Å². The summed E-state index contributed by atoms with van der Waals surface area (Å²) in [5.41, 5.74) is 6.44. The van der Waals surface area contributed by atoms with Gasteiger partial charge in [0.25, 0.3) is 0 Å². The van der Waals surface area contributed by atoms with Crippen molar-refractivity contribution in [3.05, 3.63) is 12.7 Å². The van der Waals surface area contributed by atoms with E-state index >= 15 is 0 Å². The van der Waals surface area contributed by atoms with Gasteiger partial charge in [0.15, 0.2) is 17.7 Å². The predicted molar refractivity (Wildman–Crippen MR) is 92.6 cm³/mol. The normalized spacial score (nSPS) is 25.8. The lowest BCUT2D eigenvalue weighted by Crippen LogP contribution is -2.33. The summed E-state index contributed by atoms with van der Waals surface area (Å²) in [4.78, 5) is 11.9. The van der Waals surface area contributed by atoms with Crippen LogP contribution in [0.5, 0.6) is 0 Å². The van der Waals surface area contributed by atoms with Crippen molar-refractivity contribution in [1.82, 2.24) is 19.5 Å². The van der Waals surface area contributed by atoms with Gasteiger partial charge in [0.05, 0.1) is 12.9 Å². The first-order chi connectivity index (χ1) is 12.0. The van der Waals surface area contributed by atoms with Crippen LogP contribution < -0.4 is 5.73 Å². The van der Waals surface area contributed by atoms with Gasteiger partial charge in [-0.2, -0.15) is 0 Å². The fourth-order valence-electron chi connectivity index (χ4n) is 2.67. The van der Waals surface area contributed by atoms with E-state index in [9.17, 15) is 10.2 Å². The van der Waals surface area contributed by atoms with Crippen LogP contribution in [0.1, 0.15) is 45.8 Å². The van der Waals surface area contributed by atoms with Crippen molar-refractivity contribution in [2.75, 3.05) is 12.3 Å². The van der Waals surface area contributed by atoms with Crippen molar-refractivity contribution in [2.24, 2.45) is 0 Å². The Morgan fingerprint density at radius 1 is 1.12 bits per heavy atom. The number of aliphatic hydroxyl groups is 3. The molecule has 0 amide bonds. The Bertz CT molecular complexity index is 661. The topological polar surface area (TPSA) is 140 Å². The van der Waals surface area contributed by atoms with Crippen molar-refractivity contribution >= 4 is 17.0 Å². The lowest BCUT2D eigenvalue weighted by Gasteiger charge is -2.16. The van der Waals surface area contributed by atoms with Gasteiger partial charge >= 0.3 is 0 Å². The molecule has 0 spiro atoms. The van der Waals surface area contributed by atoms with Crippen LogP contribution in [0.25, 0.3) is 11.2 Å². The molecule has 25 heavy (non-hydrogen) atoms. The van der Waals surface area contributed by atoms with Crippen molar-refractivity contribution in [2.45, 2.75) is 64.1 Å². The predicted octanol–water partition coefficient (Wildman–Crippen LogP) is 0.607. The minimum absolute atomic E-state index is 0.218. The van der Waals surface area contributed by atoms with Crippen LogP contribution in [0.15, 0.2) is 12.7 Å². The molecule has 5 N–H and O–H groups in total. The molecular weight excluding hydrogens is 326 g/mol. The summed E-state index contributed by atoms with van der Waals surface area (Å²) >= 11 is 0. The fourth-order valence-corrected chi connectivity index (χ4v) is 2.67. The zero-order valence-corrected chi connectivity index (χ0v) is 14.6. The Balaban J connectivity index is 0.000000326. The summed E-state index contributed by atoms with van der Waals surface area (Å²) in [5.74, 6) is 0.218. The molecule has 1 aliphatic rings. The molecule has 0 radical (unpaired) electrons. The molecule has 3 rings (SSSR count). The number of hydrogen-bond acceptors (Lipinski definition) is 8. The lowest BCUT2D eigenvalue weighted by atomic mass is 10.1. The average Bonchev–Trinajstić information content (AvgIpc) is 3.17. The number of imidazole rings is 1. The van der Waals surface area contributed by atoms with Crippen molar-refractivity contribution in [1.29, 1.82) is 0 Å². The molecule has 3 heterocycles. The number of anilines is 1. The largest absolute Gasteiger partial charge is 0.394 e. The molecule has 2 aromatic heterocycles. The van der Waals surface area contributed by atoms with Gasteiger partial charge in [-0.1, -0.05) is 39.5 Å². The molecule has 0 unspecified atom stereocenters. The van der Waals surface area contributed by atoms with Crippen LogP contribution in [0.4, 0.5) is 5.82 Å². The number of fused-ring (bicyclic) bond motifs is 1. The van der Waals surface area contributed by atoms with Crippen LogP contribution in [0.3, 0.4) is 0 Å². The Kier molecular flexibility index (Phi) is 7.06. The first-order valence-corrected chi connectivity index (χ1v) is 8.60. The summed E-state index contributed by atoms with van der Waals surface area (Å²) in [6.07, 6.45) is 4.11. The third kappa shape index (κ3) is 4.24. The SMILES string of the molecule is CCCCCC.Nc1ncnc2c1ncn2[C@@H]1O[C@H](CO)[C@@H](O)[C@H]1O. The quantitative estimate of drug-likeness (QED) is 0.573. The minimum atomic E-state index is -1.19. The van der Waals surface area contributed by atoms with Crippen LogP contribution in [0, 0.1) is 0 Å². The molecule has 1 aliphatic heterocycles. The number of unbranched alkanes of at least 4 members (excludes halogenated alkanes) is 3. The molecule has 1 fully saturated rings. The molecule has 2 aromatic rings. The van der Waals surface area contributed by atoms with E-state index in [0.29, 0.717) is 11.2 Å². The third-order valence-electron chi connectivity index (χ3n) is 4.14. The summed E-state index contributed by atoms with van der Waals surface area (Å²) in [6.45, 7) is 4.07. The molecule has 0 bridgehead atoms. The zero-order chi connectivity index (χ0) is 18.4. The molecular formula is C16H27N5O4. The molecule has 140 valence electrons. The Morgan fingerprint density at radius 3 is 2.36 bits per heavy atom. The highest BCUT2D eigenvalue weighted by Gasteiger charge is 2.43. The van der Waals surface area contributed by atoms with E-state index in [1.807, 2.05) is 0 Å². The van der Waals surface area contributed by atoms with E-state index in [0.717, 1.165) is 0 Å². The average molecular weight is 353 g/mol. The van der Waals surface area contributed by atoms with Crippen LogP contribution in [-0.4, -0.2) is 59.8 Å². The van der Waals surface area contributed by atoms with Gasteiger partial charge in [-0.25, -0.2) is 15.0 Å². The van der Waals surface area contributed by atoms with Crippen LogP contribution in [0.2, 0.25) is 0 Å². The van der Waals surface area contributed by atoms with E-state index in [1.54, 1.807) is 0 Å². The summed E-state index contributed by atoms with van der Waals surface area (Å²) in [6, 6.07) is 0. The number of hydrogen-bond donors (Lipinski definition) is 4. The van der Waals surface area contributed by atoms with E-state index in [2.05, 4.69) is 28.8 Å². The van der Waals surface area contributed by atoms with Gasteiger partial charge in [-0.3, -0.25) is 4.57 Å². The molecule has 0 saturated carbocycles. The molecule has 4 atom stereocenters. The minimum Gasteiger partial charge on any atom is -0.394 e. The summed E-state index contributed by atoms with van der Waals surface area (Å²) in [5, 5.41) is 28.7. The van der Waals surface area contributed by atoms with Gasteiger partial charge in [-0.15, -0.1) is 0 Å². The second-order valence-electron chi connectivity index (χ2n) is 6.02. The highest BCUT2D eigenvalue weighted by molar-refractivity contribution is 5.81. The second kappa shape index (κ2) is 9.04. The summed E-state index contributed by atoms with van der Waals surface area (Å²) in [7, 11) is 0. The maximum atomic E-state index is 9.95. The molecule has 9 heteroatoms. The number of ether oxygens (including phenoxy) is 1. The maximum absolute atomic E-state index is 9.95. The van der Waals surface area contributed by atoms with E-state index < -0.39 is 31.1 Å². The fraction of sp³-hybridized carbons (Fsp3) is 0.688. The number of aromatic nitrogens is 4. The van der Waals surface area contributed by atoms with Crippen LogP contribution >= 0.6 is 0 Å². The standard InChI is InChI=1S/C10H13N5O4.C6H14/c11-8-5-9(13-2-12-8)15(3-14-5)10-7(18)6(17)4(1-16)19-10;1-3-5-6-4-2/h2-4,6-7,10,16-18H,1H2,(H2,11,12,13);3-6H2,1-2H3/t4-,6-,7-,10-;/m1./s1. The molecule has 1 saturated heterocycles. The third-order valence-corrected chi connectivity index (χ3v) is 4.14. The number of nitrogen functional groups attached to an aromatic ring is 1. The second-order valence-corrected chi connectivity index (χ2v) is 6.02. The number of nitrogens with zero attached hydrogens (tertiary/aromatic N) is 4. The highest BCUT2D eigenvalue weighted by atomic mass is 16.6. The number of nitrogens with two attached hydrogens (primary N) is 1. The van der Waals surface area contributed by atoms with Gasteiger partial charge in [0.1, 0.15) is 30.2 Å². The zero-order valence-electron chi connectivity index (χ0n) is 14.6. The lowest BCUT2D eigenvalue weighted by molar-refractivity contribution is -0.0511. The molecule has 0 aliphatic carbocycles. The smallest absolute Gasteiger partial charge is 0.167 e. The van der Waals surface area contributed by atoms with Crippen molar-refractivity contribution in [3.63, 3.8) is 0 Å². The Morgan fingerprint density at radius 2 is 1.80 bits per heavy atom.